The predicted octanol–water partition coefficient (Wildman–Crippen LogP) is 4.72. The Morgan fingerprint density at radius 1 is 1.05 bits per heavy atom. The molecule has 3 nitrogen and oxygen atoms in total. The van der Waals surface area contributed by atoms with Crippen molar-refractivity contribution in [1.29, 1.82) is 0 Å². The van der Waals surface area contributed by atoms with Crippen LogP contribution in [-0.4, -0.2) is 9.55 Å². The molecule has 0 aliphatic heterocycles. The largest absolute Gasteiger partial charge is 0.486 e. The first-order valence-corrected chi connectivity index (χ1v) is 7.91. The van der Waals surface area contributed by atoms with E-state index in [1.165, 1.54) is 17.5 Å². The van der Waals surface area contributed by atoms with E-state index in [9.17, 15) is 0 Å². The third-order valence-electron chi connectivity index (χ3n) is 3.86. The Morgan fingerprint density at radius 3 is 2.59 bits per heavy atom. The molecule has 3 rings (SSSR count). The van der Waals surface area contributed by atoms with Crippen molar-refractivity contribution in [3.63, 3.8) is 0 Å². The Morgan fingerprint density at radius 2 is 1.82 bits per heavy atom. The Kier molecular flexibility index (Phi) is 4.42. The molecule has 3 heteroatoms. The van der Waals surface area contributed by atoms with E-state index < -0.39 is 0 Å². The second kappa shape index (κ2) is 6.65. The molecule has 22 heavy (non-hydrogen) atoms. The number of benzene rings is 2. The number of fused-ring (bicyclic) bond motifs is 1. The minimum atomic E-state index is 0.501. The minimum absolute atomic E-state index is 0.501. The molecule has 2 aromatic carbocycles. The molecule has 0 saturated heterocycles. The van der Waals surface area contributed by atoms with Gasteiger partial charge in [0.25, 0.3) is 0 Å². The monoisotopic (exact) mass is 294 g/mol. The van der Waals surface area contributed by atoms with Crippen LogP contribution in [0.15, 0.2) is 48.5 Å². The maximum absolute atomic E-state index is 5.91. The summed E-state index contributed by atoms with van der Waals surface area (Å²) in [6.07, 6.45) is 2.32. The number of rotatable bonds is 6. The molecule has 0 aliphatic carbocycles. The molecule has 0 saturated carbocycles. The highest BCUT2D eigenvalue weighted by Crippen LogP contribution is 2.19. The molecule has 0 spiro atoms. The van der Waals surface area contributed by atoms with Crippen LogP contribution in [0.4, 0.5) is 0 Å². The highest BCUT2D eigenvalue weighted by molar-refractivity contribution is 5.75. The SMILES string of the molecule is CCCCn1c(COc2ccc(C)cc2)nc2ccccc21. The fourth-order valence-electron chi connectivity index (χ4n) is 2.58. The van der Waals surface area contributed by atoms with Crippen LogP contribution in [0.25, 0.3) is 11.0 Å². The fraction of sp³-hybridized carbons (Fsp3) is 0.316. The standard InChI is InChI=1S/C19H22N2O/c1-3-4-13-21-18-8-6-5-7-17(18)20-19(21)14-22-16-11-9-15(2)10-12-16/h5-12H,3-4,13-14H2,1-2H3. The second-order valence-corrected chi connectivity index (χ2v) is 5.62. The molecular formula is C19H22N2O. The summed E-state index contributed by atoms with van der Waals surface area (Å²) in [6, 6.07) is 16.4. The Hall–Kier alpha value is -2.29. The fourth-order valence-corrected chi connectivity index (χ4v) is 2.58. The van der Waals surface area contributed by atoms with Crippen molar-refractivity contribution in [2.45, 2.75) is 39.8 Å². The highest BCUT2D eigenvalue weighted by Gasteiger charge is 2.10. The first-order valence-electron chi connectivity index (χ1n) is 7.91. The second-order valence-electron chi connectivity index (χ2n) is 5.62. The van der Waals surface area contributed by atoms with Gasteiger partial charge in [0, 0.05) is 6.54 Å². The Labute approximate surface area is 131 Å². The van der Waals surface area contributed by atoms with Crippen LogP contribution in [0.1, 0.15) is 31.2 Å². The third-order valence-corrected chi connectivity index (χ3v) is 3.86. The molecular weight excluding hydrogens is 272 g/mol. The van der Waals surface area contributed by atoms with Crippen molar-refractivity contribution < 1.29 is 4.74 Å². The number of nitrogens with zero attached hydrogens (tertiary/aromatic N) is 2. The molecule has 114 valence electrons. The summed E-state index contributed by atoms with van der Waals surface area (Å²) in [5.41, 5.74) is 3.47. The minimum Gasteiger partial charge on any atom is -0.486 e. The number of hydrogen-bond donors (Lipinski definition) is 0. The van der Waals surface area contributed by atoms with Crippen molar-refractivity contribution >= 4 is 11.0 Å². The lowest BCUT2D eigenvalue weighted by atomic mass is 10.2. The van der Waals surface area contributed by atoms with Gasteiger partial charge in [0.1, 0.15) is 18.2 Å². The zero-order valence-corrected chi connectivity index (χ0v) is 13.2. The van der Waals surface area contributed by atoms with Crippen molar-refractivity contribution in [3.8, 4) is 5.75 Å². The topological polar surface area (TPSA) is 27.1 Å². The van der Waals surface area contributed by atoms with Gasteiger partial charge in [-0.2, -0.15) is 0 Å². The Bertz CT molecular complexity index is 744. The molecule has 0 unspecified atom stereocenters. The lowest BCUT2D eigenvalue weighted by Crippen LogP contribution is -2.07. The van der Waals surface area contributed by atoms with E-state index in [-0.39, 0.29) is 0 Å². The number of para-hydroxylation sites is 2. The molecule has 0 atom stereocenters. The highest BCUT2D eigenvalue weighted by atomic mass is 16.5. The van der Waals surface area contributed by atoms with Gasteiger partial charge in [-0.05, 0) is 37.6 Å². The summed E-state index contributed by atoms with van der Waals surface area (Å²) in [7, 11) is 0. The van der Waals surface area contributed by atoms with Crippen LogP contribution in [-0.2, 0) is 13.2 Å². The third kappa shape index (κ3) is 3.14. The number of aromatic nitrogens is 2. The van der Waals surface area contributed by atoms with Gasteiger partial charge in [0.15, 0.2) is 0 Å². The van der Waals surface area contributed by atoms with Gasteiger partial charge in [0.05, 0.1) is 11.0 Å². The zero-order valence-electron chi connectivity index (χ0n) is 13.2. The average Bonchev–Trinajstić information content (AvgIpc) is 2.90. The molecule has 0 N–H and O–H groups in total. The van der Waals surface area contributed by atoms with E-state index in [0.717, 1.165) is 30.1 Å². The van der Waals surface area contributed by atoms with Crippen molar-refractivity contribution in [2.75, 3.05) is 0 Å². The van der Waals surface area contributed by atoms with Crippen LogP contribution >= 0.6 is 0 Å². The summed E-state index contributed by atoms with van der Waals surface area (Å²) < 4.78 is 8.20. The van der Waals surface area contributed by atoms with Gasteiger partial charge in [-0.1, -0.05) is 43.2 Å². The summed E-state index contributed by atoms with van der Waals surface area (Å²) in [6.45, 7) is 5.78. The van der Waals surface area contributed by atoms with E-state index in [1.54, 1.807) is 0 Å². The molecule has 0 fully saturated rings. The van der Waals surface area contributed by atoms with Crippen LogP contribution in [0.5, 0.6) is 5.75 Å². The van der Waals surface area contributed by atoms with Crippen molar-refractivity contribution in [3.05, 3.63) is 59.9 Å². The smallest absolute Gasteiger partial charge is 0.147 e. The van der Waals surface area contributed by atoms with Crippen LogP contribution < -0.4 is 4.74 Å². The van der Waals surface area contributed by atoms with Gasteiger partial charge in [-0.25, -0.2) is 4.98 Å². The summed E-state index contributed by atoms with van der Waals surface area (Å²) in [5.74, 6) is 1.88. The normalized spacial score (nSPS) is 11.0. The molecule has 3 aromatic rings. The quantitative estimate of drug-likeness (QED) is 0.657. The lowest BCUT2D eigenvalue weighted by Gasteiger charge is -2.10. The molecule has 0 bridgehead atoms. The van der Waals surface area contributed by atoms with Gasteiger partial charge in [0.2, 0.25) is 0 Å². The number of unbranched alkanes of at least 4 members (excludes halogenated alkanes) is 1. The summed E-state index contributed by atoms with van der Waals surface area (Å²) >= 11 is 0. The maximum Gasteiger partial charge on any atom is 0.147 e. The maximum atomic E-state index is 5.91. The lowest BCUT2D eigenvalue weighted by molar-refractivity contribution is 0.289. The first kappa shape index (κ1) is 14.6. The Balaban J connectivity index is 1.83. The van der Waals surface area contributed by atoms with E-state index in [4.69, 9.17) is 9.72 Å². The molecule has 1 aromatic heterocycles. The number of hydrogen-bond acceptors (Lipinski definition) is 2. The van der Waals surface area contributed by atoms with Crippen LogP contribution in [0, 0.1) is 6.92 Å². The van der Waals surface area contributed by atoms with Gasteiger partial charge < -0.3 is 9.30 Å². The molecule has 0 amide bonds. The van der Waals surface area contributed by atoms with E-state index in [1.807, 2.05) is 18.2 Å². The molecule has 0 radical (unpaired) electrons. The molecule has 0 aliphatic rings. The summed E-state index contributed by atoms with van der Waals surface area (Å²) in [5, 5.41) is 0. The van der Waals surface area contributed by atoms with E-state index >= 15 is 0 Å². The van der Waals surface area contributed by atoms with E-state index in [2.05, 4.69) is 48.7 Å². The van der Waals surface area contributed by atoms with Crippen molar-refractivity contribution in [2.24, 2.45) is 0 Å². The van der Waals surface area contributed by atoms with Crippen LogP contribution in [0.2, 0.25) is 0 Å². The van der Waals surface area contributed by atoms with Gasteiger partial charge in [-0.15, -0.1) is 0 Å². The number of aryl methyl sites for hydroxylation is 2. The summed E-state index contributed by atoms with van der Waals surface area (Å²) in [4.78, 5) is 4.74. The molecule has 1 heterocycles. The number of imidazole rings is 1. The van der Waals surface area contributed by atoms with Gasteiger partial charge >= 0.3 is 0 Å². The average molecular weight is 294 g/mol. The zero-order chi connectivity index (χ0) is 15.4. The van der Waals surface area contributed by atoms with E-state index in [0.29, 0.717) is 6.61 Å². The van der Waals surface area contributed by atoms with Crippen molar-refractivity contribution in [1.82, 2.24) is 9.55 Å². The van der Waals surface area contributed by atoms with Gasteiger partial charge in [-0.3, -0.25) is 0 Å². The van der Waals surface area contributed by atoms with Crippen LogP contribution in [0.3, 0.4) is 0 Å². The first-order chi connectivity index (χ1) is 10.8. The predicted molar refractivity (Wildman–Crippen MR) is 90.2 cm³/mol. The number of ether oxygens (including phenoxy) is 1.